The van der Waals surface area contributed by atoms with Gasteiger partial charge in [-0.05, 0) is 44.4 Å². The number of amides is 1. The van der Waals surface area contributed by atoms with Crippen molar-refractivity contribution in [3.8, 4) is 0 Å². The summed E-state index contributed by atoms with van der Waals surface area (Å²) in [5.41, 5.74) is 4.06. The molecular weight excluding hydrogens is 310 g/mol. The van der Waals surface area contributed by atoms with Crippen LogP contribution in [0.4, 0.5) is 5.13 Å². The average Bonchev–Trinajstić information content (AvgIpc) is 3.07. The molecule has 5 nitrogen and oxygen atoms in total. The van der Waals surface area contributed by atoms with E-state index in [2.05, 4.69) is 34.5 Å². The topological polar surface area (TPSA) is 68.0 Å². The van der Waals surface area contributed by atoms with E-state index in [9.17, 15) is 4.79 Å². The van der Waals surface area contributed by atoms with E-state index in [1.807, 2.05) is 19.9 Å². The van der Waals surface area contributed by atoms with Gasteiger partial charge in [-0.15, -0.1) is 0 Å². The first kappa shape index (κ1) is 15.7. The van der Waals surface area contributed by atoms with Gasteiger partial charge in [0.25, 0.3) is 0 Å². The number of benzene rings is 1. The molecule has 0 bridgehead atoms. The lowest BCUT2D eigenvalue weighted by atomic mass is 10.1. The predicted octanol–water partition coefficient (Wildman–Crippen LogP) is 4.03. The number of nitrogens with zero attached hydrogens (tertiary/aromatic N) is 2. The molecule has 1 aromatic carbocycles. The number of thiazole rings is 1. The minimum atomic E-state index is -0.0419. The molecule has 1 amide bonds. The second-order valence-corrected chi connectivity index (χ2v) is 6.56. The molecule has 6 heteroatoms. The van der Waals surface area contributed by atoms with E-state index >= 15 is 0 Å². The van der Waals surface area contributed by atoms with Crippen LogP contribution in [-0.2, 0) is 17.6 Å². The summed E-state index contributed by atoms with van der Waals surface area (Å²) in [5.74, 6) is 0.738. The number of aryl methyl sites for hydroxylation is 3. The Morgan fingerprint density at radius 1 is 1.35 bits per heavy atom. The highest BCUT2D eigenvalue weighted by atomic mass is 32.1. The number of anilines is 1. The van der Waals surface area contributed by atoms with E-state index in [0.29, 0.717) is 18.0 Å². The standard InChI is InChI=1S/C17H19N3O2S/c1-4-12-5-7-14-15(9-12)23-17(18-14)19-16(21)8-6-13-10(2)20-22-11(13)3/h5,7,9H,4,6,8H2,1-3H3,(H,18,19,21). The highest BCUT2D eigenvalue weighted by Gasteiger charge is 2.12. The molecule has 1 N–H and O–H groups in total. The first-order chi connectivity index (χ1) is 11.1. The van der Waals surface area contributed by atoms with Gasteiger partial charge in [0.15, 0.2) is 5.13 Å². The number of rotatable bonds is 5. The average molecular weight is 329 g/mol. The van der Waals surface area contributed by atoms with Gasteiger partial charge in [0, 0.05) is 12.0 Å². The molecule has 23 heavy (non-hydrogen) atoms. The molecular formula is C17H19N3O2S. The van der Waals surface area contributed by atoms with Crippen molar-refractivity contribution < 1.29 is 9.32 Å². The van der Waals surface area contributed by atoms with E-state index < -0.39 is 0 Å². The second-order valence-electron chi connectivity index (χ2n) is 5.53. The SMILES string of the molecule is CCc1ccc2nc(NC(=O)CCc3c(C)noc3C)sc2c1. The number of fused-ring (bicyclic) bond motifs is 1. The Kier molecular flexibility index (Phi) is 4.43. The molecule has 0 aliphatic carbocycles. The van der Waals surface area contributed by atoms with Crippen molar-refractivity contribution in [2.24, 2.45) is 0 Å². The van der Waals surface area contributed by atoms with E-state index in [1.165, 1.54) is 16.9 Å². The third-order valence-electron chi connectivity index (χ3n) is 3.89. The molecule has 3 aromatic rings. The van der Waals surface area contributed by atoms with Crippen LogP contribution in [0.3, 0.4) is 0 Å². The number of carbonyl (C=O) groups is 1. The number of hydrogen-bond donors (Lipinski definition) is 1. The van der Waals surface area contributed by atoms with Crippen LogP contribution >= 0.6 is 11.3 Å². The Morgan fingerprint density at radius 3 is 2.87 bits per heavy atom. The summed E-state index contributed by atoms with van der Waals surface area (Å²) in [5, 5.41) is 7.44. The van der Waals surface area contributed by atoms with Crippen LogP contribution in [0.15, 0.2) is 22.7 Å². The smallest absolute Gasteiger partial charge is 0.226 e. The third-order valence-corrected chi connectivity index (χ3v) is 4.82. The fraction of sp³-hybridized carbons (Fsp3) is 0.353. The van der Waals surface area contributed by atoms with E-state index in [0.717, 1.165) is 33.7 Å². The predicted molar refractivity (Wildman–Crippen MR) is 91.9 cm³/mol. The molecule has 0 fully saturated rings. The molecule has 0 spiro atoms. The molecule has 2 heterocycles. The second kappa shape index (κ2) is 6.50. The monoisotopic (exact) mass is 329 g/mol. The highest BCUT2D eigenvalue weighted by molar-refractivity contribution is 7.22. The molecule has 120 valence electrons. The molecule has 0 atom stereocenters. The summed E-state index contributed by atoms with van der Waals surface area (Å²) in [6, 6.07) is 6.21. The highest BCUT2D eigenvalue weighted by Crippen LogP contribution is 2.27. The number of hydrogen-bond acceptors (Lipinski definition) is 5. The summed E-state index contributed by atoms with van der Waals surface area (Å²) < 4.78 is 6.22. The van der Waals surface area contributed by atoms with Gasteiger partial charge in [-0.25, -0.2) is 4.98 Å². The quantitative estimate of drug-likeness (QED) is 0.767. The molecule has 0 unspecified atom stereocenters. The van der Waals surface area contributed by atoms with Gasteiger partial charge in [0.1, 0.15) is 5.76 Å². The fourth-order valence-corrected chi connectivity index (χ4v) is 3.47. The van der Waals surface area contributed by atoms with Gasteiger partial charge in [0.2, 0.25) is 5.91 Å². The fourth-order valence-electron chi connectivity index (χ4n) is 2.52. The molecule has 0 aliphatic heterocycles. The molecule has 3 rings (SSSR count). The molecule has 0 aliphatic rings. The lowest BCUT2D eigenvalue weighted by Gasteiger charge is -2.01. The first-order valence-corrected chi connectivity index (χ1v) is 8.49. The Morgan fingerprint density at radius 2 is 2.17 bits per heavy atom. The van der Waals surface area contributed by atoms with Crippen molar-refractivity contribution >= 4 is 32.6 Å². The first-order valence-electron chi connectivity index (χ1n) is 7.68. The van der Waals surface area contributed by atoms with Crippen LogP contribution < -0.4 is 5.32 Å². The molecule has 0 saturated heterocycles. The maximum absolute atomic E-state index is 12.1. The number of carbonyl (C=O) groups excluding carboxylic acids is 1. The maximum atomic E-state index is 12.1. The van der Waals surface area contributed by atoms with Crippen LogP contribution in [0, 0.1) is 13.8 Å². The lowest BCUT2D eigenvalue weighted by molar-refractivity contribution is -0.116. The Bertz CT molecular complexity index is 831. The van der Waals surface area contributed by atoms with Crippen LogP contribution in [-0.4, -0.2) is 16.0 Å². The van der Waals surface area contributed by atoms with E-state index in [-0.39, 0.29) is 5.91 Å². The van der Waals surface area contributed by atoms with Crippen molar-refractivity contribution in [2.75, 3.05) is 5.32 Å². The van der Waals surface area contributed by atoms with E-state index in [4.69, 9.17) is 4.52 Å². The van der Waals surface area contributed by atoms with Gasteiger partial charge in [-0.2, -0.15) is 0 Å². The minimum absolute atomic E-state index is 0.0419. The Hall–Kier alpha value is -2.21. The molecule has 0 saturated carbocycles. The van der Waals surface area contributed by atoms with E-state index in [1.54, 1.807) is 0 Å². The van der Waals surface area contributed by atoms with Crippen LogP contribution in [0.1, 0.15) is 35.9 Å². The summed E-state index contributed by atoms with van der Waals surface area (Å²) in [7, 11) is 0. The van der Waals surface area contributed by atoms with Crippen LogP contribution in [0.2, 0.25) is 0 Å². The summed E-state index contributed by atoms with van der Waals surface area (Å²) in [6.45, 7) is 5.88. The molecule has 2 aromatic heterocycles. The number of nitrogens with one attached hydrogen (secondary N) is 1. The maximum Gasteiger partial charge on any atom is 0.226 e. The van der Waals surface area contributed by atoms with Crippen molar-refractivity contribution in [1.82, 2.24) is 10.1 Å². The largest absolute Gasteiger partial charge is 0.361 e. The van der Waals surface area contributed by atoms with Gasteiger partial charge in [0.05, 0.1) is 15.9 Å². The van der Waals surface area contributed by atoms with Crippen molar-refractivity contribution in [3.05, 3.63) is 40.8 Å². The van der Waals surface area contributed by atoms with Crippen LogP contribution in [0.5, 0.6) is 0 Å². The summed E-state index contributed by atoms with van der Waals surface area (Å²) >= 11 is 1.51. The van der Waals surface area contributed by atoms with Gasteiger partial charge in [-0.1, -0.05) is 29.5 Å². The van der Waals surface area contributed by atoms with Gasteiger partial charge in [-0.3, -0.25) is 4.79 Å². The number of aromatic nitrogens is 2. The zero-order valence-corrected chi connectivity index (χ0v) is 14.3. The molecule has 0 radical (unpaired) electrons. The minimum Gasteiger partial charge on any atom is -0.361 e. The van der Waals surface area contributed by atoms with Crippen LogP contribution in [0.25, 0.3) is 10.2 Å². The zero-order chi connectivity index (χ0) is 16.4. The van der Waals surface area contributed by atoms with Gasteiger partial charge >= 0.3 is 0 Å². The Balaban J connectivity index is 1.66. The van der Waals surface area contributed by atoms with Crippen molar-refractivity contribution in [2.45, 2.75) is 40.0 Å². The van der Waals surface area contributed by atoms with Gasteiger partial charge < -0.3 is 9.84 Å². The summed E-state index contributed by atoms with van der Waals surface area (Å²) in [4.78, 5) is 16.6. The Labute approximate surface area is 138 Å². The lowest BCUT2D eigenvalue weighted by Crippen LogP contribution is -2.12. The summed E-state index contributed by atoms with van der Waals surface area (Å²) in [6.07, 6.45) is 2.00. The normalized spacial score (nSPS) is 11.1. The van der Waals surface area contributed by atoms with Crippen molar-refractivity contribution in [1.29, 1.82) is 0 Å². The third kappa shape index (κ3) is 3.42. The van der Waals surface area contributed by atoms with Crippen molar-refractivity contribution in [3.63, 3.8) is 0 Å². The zero-order valence-electron chi connectivity index (χ0n) is 13.5.